The Morgan fingerprint density at radius 3 is 2.85 bits per heavy atom. The molecule has 2 aromatic heterocycles. The van der Waals surface area contributed by atoms with Crippen molar-refractivity contribution in [3.63, 3.8) is 0 Å². The van der Waals surface area contributed by atoms with E-state index in [4.69, 9.17) is 8.83 Å². The molecule has 1 aromatic carbocycles. The lowest BCUT2D eigenvalue weighted by Crippen LogP contribution is -1.82. The van der Waals surface area contributed by atoms with Gasteiger partial charge in [-0.15, -0.1) is 0 Å². The second-order valence-electron chi connectivity index (χ2n) is 4.64. The van der Waals surface area contributed by atoms with Gasteiger partial charge >= 0.3 is 0 Å². The summed E-state index contributed by atoms with van der Waals surface area (Å²) in [7, 11) is 0. The van der Waals surface area contributed by atoms with Crippen LogP contribution in [0.3, 0.4) is 0 Å². The first-order valence-electron chi connectivity index (χ1n) is 6.82. The Morgan fingerprint density at radius 2 is 2.05 bits per heavy atom. The largest absolute Gasteiger partial charge is 0.445 e. The maximum atomic E-state index is 5.78. The summed E-state index contributed by atoms with van der Waals surface area (Å²) in [6, 6.07) is 7.92. The topological polar surface area (TPSA) is 52.1 Å². The molecule has 0 aliphatic heterocycles. The Kier molecular flexibility index (Phi) is 3.63. The number of hydrogen-bond acceptors (Lipinski definition) is 4. The van der Waals surface area contributed by atoms with Gasteiger partial charge in [-0.3, -0.25) is 0 Å². The Labute approximate surface area is 117 Å². The van der Waals surface area contributed by atoms with Crippen LogP contribution in [0.1, 0.15) is 25.7 Å². The van der Waals surface area contributed by atoms with E-state index in [9.17, 15) is 0 Å². The zero-order valence-corrected chi connectivity index (χ0v) is 11.4. The first-order valence-corrected chi connectivity index (χ1v) is 6.82. The van der Waals surface area contributed by atoms with Gasteiger partial charge < -0.3 is 8.83 Å². The summed E-state index contributed by atoms with van der Waals surface area (Å²) in [6.45, 7) is 2.16. The molecule has 3 rings (SSSR count). The van der Waals surface area contributed by atoms with Crippen LogP contribution in [-0.2, 0) is 6.42 Å². The number of oxazole rings is 2. The molecule has 0 fully saturated rings. The molecule has 0 bridgehead atoms. The molecule has 0 unspecified atom stereocenters. The van der Waals surface area contributed by atoms with E-state index in [2.05, 4.69) is 16.9 Å². The average molecular weight is 268 g/mol. The van der Waals surface area contributed by atoms with Crippen molar-refractivity contribution in [2.24, 2.45) is 0 Å². The minimum atomic E-state index is 0.609. The van der Waals surface area contributed by atoms with Crippen molar-refractivity contribution in [3.05, 3.63) is 48.8 Å². The fraction of sp³-hybridized carbons (Fsp3) is 0.250. The highest BCUT2D eigenvalue weighted by Gasteiger charge is 2.09. The summed E-state index contributed by atoms with van der Waals surface area (Å²) >= 11 is 0. The minimum Gasteiger partial charge on any atom is -0.445 e. The Morgan fingerprint density at radius 1 is 1.15 bits per heavy atom. The summed E-state index contributed by atoms with van der Waals surface area (Å²) in [5, 5.41) is 0. The van der Waals surface area contributed by atoms with Crippen LogP contribution in [-0.4, -0.2) is 9.97 Å². The molecule has 0 amide bonds. The SMILES string of the molecule is CCCCc1ncc(-c2cccc(-c3ncco3)c2)o1. The van der Waals surface area contributed by atoms with Crippen molar-refractivity contribution in [1.82, 2.24) is 9.97 Å². The number of benzene rings is 1. The van der Waals surface area contributed by atoms with Gasteiger partial charge in [0.2, 0.25) is 5.89 Å². The molecule has 3 aromatic rings. The lowest BCUT2D eigenvalue weighted by molar-refractivity contribution is 0.496. The highest BCUT2D eigenvalue weighted by Crippen LogP contribution is 2.26. The lowest BCUT2D eigenvalue weighted by Gasteiger charge is -1.99. The quantitative estimate of drug-likeness (QED) is 0.690. The standard InChI is InChI=1S/C16H16N2O2/c1-2-3-7-15-18-11-14(20-15)12-5-4-6-13(10-12)16-17-8-9-19-16/h4-6,8-11H,2-3,7H2,1H3. The first-order chi connectivity index (χ1) is 9.86. The Hall–Kier alpha value is -2.36. The van der Waals surface area contributed by atoms with Crippen molar-refractivity contribution >= 4 is 0 Å². The van der Waals surface area contributed by atoms with Crippen LogP contribution in [0.5, 0.6) is 0 Å². The van der Waals surface area contributed by atoms with Gasteiger partial charge in [0, 0.05) is 17.5 Å². The number of hydrogen-bond donors (Lipinski definition) is 0. The van der Waals surface area contributed by atoms with Gasteiger partial charge in [-0.1, -0.05) is 25.5 Å². The Bertz CT molecular complexity index is 671. The zero-order chi connectivity index (χ0) is 13.8. The molecule has 0 aliphatic carbocycles. The number of rotatable bonds is 5. The molecule has 0 N–H and O–H groups in total. The van der Waals surface area contributed by atoms with Crippen molar-refractivity contribution in [2.45, 2.75) is 26.2 Å². The van der Waals surface area contributed by atoms with Crippen LogP contribution in [0, 0.1) is 0 Å². The lowest BCUT2D eigenvalue weighted by atomic mass is 10.1. The summed E-state index contributed by atoms with van der Waals surface area (Å²) in [5.74, 6) is 2.19. The van der Waals surface area contributed by atoms with Crippen LogP contribution in [0.2, 0.25) is 0 Å². The number of aryl methyl sites for hydroxylation is 1. The van der Waals surface area contributed by atoms with Gasteiger partial charge in [0.05, 0.1) is 12.4 Å². The maximum absolute atomic E-state index is 5.78. The second-order valence-corrected chi connectivity index (χ2v) is 4.64. The van der Waals surface area contributed by atoms with Gasteiger partial charge in [0.25, 0.3) is 0 Å². The van der Waals surface area contributed by atoms with Crippen molar-refractivity contribution in [1.29, 1.82) is 0 Å². The van der Waals surface area contributed by atoms with Crippen LogP contribution in [0.15, 0.2) is 51.8 Å². The third-order valence-corrected chi connectivity index (χ3v) is 3.12. The fourth-order valence-electron chi connectivity index (χ4n) is 2.06. The molecule has 2 heterocycles. The Balaban J connectivity index is 1.87. The van der Waals surface area contributed by atoms with Gasteiger partial charge in [0.1, 0.15) is 6.26 Å². The predicted octanol–water partition coefficient (Wildman–Crippen LogP) is 4.34. The van der Waals surface area contributed by atoms with E-state index in [1.807, 2.05) is 24.3 Å². The number of unbranched alkanes of at least 4 members (excludes halogenated alkanes) is 1. The van der Waals surface area contributed by atoms with Crippen LogP contribution < -0.4 is 0 Å². The average Bonchev–Trinajstić information content (AvgIpc) is 3.17. The second kappa shape index (κ2) is 5.74. The number of nitrogens with zero attached hydrogens (tertiary/aromatic N) is 2. The third kappa shape index (κ3) is 2.64. The molecule has 0 spiro atoms. The molecule has 0 aliphatic rings. The maximum Gasteiger partial charge on any atom is 0.225 e. The van der Waals surface area contributed by atoms with Gasteiger partial charge in [0.15, 0.2) is 11.7 Å². The van der Waals surface area contributed by atoms with Gasteiger partial charge in [-0.25, -0.2) is 9.97 Å². The van der Waals surface area contributed by atoms with Crippen molar-refractivity contribution < 1.29 is 8.83 Å². The normalized spacial score (nSPS) is 10.8. The summed E-state index contributed by atoms with van der Waals surface area (Å²) < 4.78 is 11.1. The molecular weight excluding hydrogens is 252 g/mol. The number of aromatic nitrogens is 2. The molecule has 0 radical (unpaired) electrons. The smallest absolute Gasteiger partial charge is 0.225 e. The van der Waals surface area contributed by atoms with Gasteiger partial charge in [-0.2, -0.15) is 0 Å². The molecular formula is C16H16N2O2. The molecule has 20 heavy (non-hydrogen) atoms. The van der Waals surface area contributed by atoms with Crippen LogP contribution in [0.25, 0.3) is 22.8 Å². The minimum absolute atomic E-state index is 0.609. The van der Waals surface area contributed by atoms with Gasteiger partial charge in [-0.05, 0) is 18.6 Å². The van der Waals surface area contributed by atoms with E-state index in [1.165, 1.54) is 0 Å². The summed E-state index contributed by atoms with van der Waals surface area (Å²) in [4.78, 5) is 8.47. The van der Waals surface area contributed by atoms with Crippen molar-refractivity contribution in [3.8, 4) is 22.8 Å². The first kappa shape index (κ1) is 12.7. The predicted molar refractivity (Wildman–Crippen MR) is 76.0 cm³/mol. The van der Waals surface area contributed by atoms with Crippen LogP contribution >= 0.6 is 0 Å². The molecule has 4 nitrogen and oxygen atoms in total. The highest BCUT2D eigenvalue weighted by atomic mass is 16.4. The monoisotopic (exact) mass is 268 g/mol. The molecule has 4 heteroatoms. The van der Waals surface area contributed by atoms with E-state index >= 15 is 0 Å². The van der Waals surface area contributed by atoms with Crippen LogP contribution in [0.4, 0.5) is 0 Å². The fourth-order valence-corrected chi connectivity index (χ4v) is 2.06. The summed E-state index contributed by atoms with van der Waals surface area (Å²) in [5.41, 5.74) is 1.91. The molecule has 0 saturated heterocycles. The molecule has 102 valence electrons. The summed E-state index contributed by atoms with van der Waals surface area (Å²) in [6.07, 6.45) is 8.10. The van der Waals surface area contributed by atoms with E-state index in [-0.39, 0.29) is 0 Å². The highest BCUT2D eigenvalue weighted by molar-refractivity contribution is 5.65. The molecule has 0 atom stereocenters. The molecule has 0 saturated carbocycles. The van der Waals surface area contributed by atoms with E-state index in [1.54, 1.807) is 18.7 Å². The zero-order valence-electron chi connectivity index (χ0n) is 11.4. The van der Waals surface area contributed by atoms with E-state index < -0.39 is 0 Å². The van der Waals surface area contributed by atoms with E-state index in [0.29, 0.717) is 5.89 Å². The van der Waals surface area contributed by atoms with Crippen molar-refractivity contribution in [2.75, 3.05) is 0 Å². The third-order valence-electron chi connectivity index (χ3n) is 3.12. The van der Waals surface area contributed by atoms with E-state index in [0.717, 1.165) is 42.0 Å².